The highest BCUT2D eigenvalue weighted by molar-refractivity contribution is 6.00. The summed E-state index contributed by atoms with van der Waals surface area (Å²) in [5.41, 5.74) is 1.65. The molecule has 174 valence electrons. The number of methoxy groups -OCH3 is 1. The van der Waals surface area contributed by atoms with Crippen LogP contribution >= 0.6 is 0 Å². The van der Waals surface area contributed by atoms with Crippen molar-refractivity contribution in [3.63, 3.8) is 0 Å². The van der Waals surface area contributed by atoms with E-state index in [0.717, 1.165) is 12.1 Å². The molecule has 0 saturated heterocycles. The zero-order valence-electron chi connectivity index (χ0n) is 18.4. The highest BCUT2D eigenvalue weighted by atomic mass is 19.1. The number of nitrogens with one attached hydrogen (secondary N) is 3. The van der Waals surface area contributed by atoms with Crippen molar-refractivity contribution < 1.29 is 27.9 Å². The predicted octanol–water partition coefficient (Wildman–Crippen LogP) is 4.53. The van der Waals surface area contributed by atoms with Crippen molar-refractivity contribution in [2.75, 3.05) is 24.3 Å². The molecule has 1 aliphatic rings. The summed E-state index contributed by atoms with van der Waals surface area (Å²) in [5, 5.41) is 7.66. The number of allylic oxidation sites excluding steroid dienone is 1. The number of anilines is 2. The fourth-order valence-electron chi connectivity index (χ4n) is 3.53. The minimum Gasteiger partial charge on any atom is -0.466 e. The van der Waals surface area contributed by atoms with Crippen LogP contribution in [0.25, 0.3) is 0 Å². The Morgan fingerprint density at radius 3 is 2.42 bits per heavy atom. The van der Waals surface area contributed by atoms with Crippen molar-refractivity contribution in [1.29, 1.82) is 0 Å². The minimum absolute atomic E-state index is 0.171. The van der Waals surface area contributed by atoms with Crippen LogP contribution in [0, 0.1) is 11.6 Å². The van der Waals surface area contributed by atoms with E-state index in [-0.39, 0.29) is 11.7 Å². The topological polar surface area (TPSA) is 99.8 Å². The van der Waals surface area contributed by atoms with Gasteiger partial charge < -0.3 is 20.7 Å². The highest BCUT2D eigenvalue weighted by Crippen LogP contribution is 2.32. The molecule has 0 radical (unpaired) electrons. The fraction of sp³-hybridized carbons (Fsp3) is 0.261. The Labute approximate surface area is 189 Å². The van der Waals surface area contributed by atoms with E-state index < -0.39 is 29.7 Å². The van der Waals surface area contributed by atoms with E-state index in [4.69, 9.17) is 4.74 Å². The lowest BCUT2D eigenvalue weighted by Gasteiger charge is -2.35. The quantitative estimate of drug-likeness (QED) is 0.554. The van der Waals surface area contributed by atoms with E-state index in [9.17, 15) is 23.2 Å². The minimum atomic E-state index is -0.900. The van der Waals surface area contributed by atoms with Crippen LogP contribution in [0.3, 0.4) is 0 Å². The molecule has 1 unspecified atom stereocenters. The number of urea groups is 2. The summed E-state index contributed by atoms with van der Waals surface area (Å²) in [7, 11) is 1.27. The van der Waals surface area contributed by atoms with Crippen molar-refractivity contribution in [3.05, 3.63) is 70.9 Å². The number of benzene rings is 2. The van der Waals surface area contributed by atoms with E-state index >= 15 is 0 Å². The third-order valence-corrected chi connectivity index (χ3v) is 5.13. The second-order valence-electron chi connectivity index (χ2n) is 7.35. The maximum atomic E-state index is 13.7. The largest absolute Gasteiger partial charge is 0.466 e. The summed E-state index contributed by atoms with van der Waals surface area (Å²) in [5.74, 6) is -2.21. The first-order valence-corrected chi connectivity index (χ1v) is 10.2. The number of esters is 1. The van der Waals surface area contributed by atoms with Gasteiger partial charge in [0.15, 0.2) is 0 Å². The smallest absolute Gasteiger partial charge is 0.337 e. The van der Waals surface area contributed by atoms with Gasteiger partial charge in [-0.05, 0) is 43.2 Å². The standard InChI is InChI=1S/C23H24F2N4O4/c1-4-11-29-13(2)19(21(30)33-3)20(28-23(29)32)14-5-8-16(9-6-14)26-22(31)27-18-10-7-15(24)12-17(18)25/h5-10,12,20H,4,11H2,1-3H3,(H,28,32)(H2,26,27,31). The Bertz CT molecular complexity index is 1100. The molecule has 0 aromatic heterocycles. The van der Waals surface area contributed by atoms with Crippen LogP contribution < -0.4 is 16.0 Å². The van der Waals surface area contributed by atoms with Crippen molar-refractivity contribution >= 4 is 29.4 Å². The van der Waals surface area contributed by atoms with E-state index in [1.54, 1.807) is 31.2 Å². The van der Waals surface area contributed by atoms with Crippen molar-refractivity contribution in [1.82, 2.24) is 10.2 Å². The Morgan fingerprint density at radius 1 is 1.12 bits per heavy atom. The van der Waals surface area contributed by atoms with Crippen LogP contribution in [0.5, 0.6) is 0 Å². The molecule has 10 heteroatoms. The summed E-state index contributed by atoms with van der Waals surface area (Å²) in [6, 6.07) is 7.47. The number of carbonyl (C=O) groups is 3. The molecule has 0 saturated carbocycles. The maximum Gasteiger partial charge on any atom is 0.337 e. The van der Waals surface area contributed by atoms with Gasteiger partial charge in [-0.15, -0.1) is 0 Å². The summed E-state index contributed by atoms with van der Waals surface area (Å²) < 4.78 is 31.6. The van der Waals surface area contributed by atoms with Gasteiger partial charge in [-0.25, -0.2) is 23.2 Å². The Morgan fingerprint density at radius 2 is 1.82 bits per heavy atom. The van der Waals surface area contributed by atoms with Gasteiger partial charge in [0.25, 0.3) is 0 Å². The van der Waals surface area contributed by atoms with Crippen LogP contribution in [0.2, 0.25) is 0 Å². The van der Waals surface area contributed by atoms with Gasteiger partial charge in [0.05, 0.1) is 24.4 Å². The molecule has 8 nitrogen and oxygen atoms in total. The summed E-state index contributed by atoms with van der Waals surface area (Å²) in [4.78, 5) is 38.7. The zero-order chi connectivity index (χ0) is 24.1. The van der Waals surface area contributed by atoms with E-state index in [0.29, 0.717) is 41.6 Å². The molecule has 3 rings (SSSR count). The molecule has 0 fully saturated rings. The molecule has 0 aliphatic carbocycles. The molecule has 2 aromatic rings. The normalized spacial score (nSPS) is 15.7. The predicted molar refractivity (Wildman–Crippen MR) is 118 cm³/mol. The molecule has 4 amide bonds. The van der Waals surface area contributed by atoms with Crippen LogP contribution in [-0.4, -0.2) is 36.6 Å². The highest BCUT2D eigenvalue weighted by Gasteiger charge is 2.35. The molecule has 2 aromatic carbocycles. The van der Waals surface area contributed by atoms with Crippen molar-refractivity contribution in [2.45, 2.75) is 26.3 Å². The van der Waals surface area contributed by atoms with Crippen LogP contribution in [0.1, 0.15) is 31.9 Å². The Kier molecular flexibility index (Phi) is 7.27. The number of rotatable bonds is 6. The lowest BCUT2D eigenvalue weighted by Crippen LogP contribution is -2.48. The number of halogens is 2. The van der Waals surface area contributed by atoms with E-state index in [1.165, 1.54) is 12.0 Å². The van der Waals surface area contributed by atoms with E-state index in [1.807, 2.05) is 6.92 Å². The number of hydrogen-bond donors (Lipinski definition) is 3. The number of hydrogen-bond acceptors (Lipinski definition) is 4. The summed E-state index contributed by atoms with van der Waals surface area (Å²) in [6.07, 6.45) is 0.716. The lowest BCUT2D eigenvalue weighted by atomic mass is 9.94. The molecule has 1 heterocycles. The fourth-order valence-corrected chi connectivity index (χ4v) is 3.53. The second-order valence-corrected chi connectivity index (χ2v) is 7.35. The zero-order valence-corrected chi connectivity index (χ0v) is 18.4. The first kappa shape index (κ1) is 23.7. The van der Waals surface area contributed by atoms with Crippen LogP contribution in [-0.2, 0) is 9.53 Å². The second kappa shape index (κ2) is 10.1. The molecule has 33 heavy (non-hydrogen) atoms. The molecule has 0 bridgehead atoms. The Balaban J connectivity index is 1.78. The van der Waals surface area contributed by atoms with Gasteiger partial charge in [0.1, 0.15) is 11.6 Å². The first-order valence-electron chi connectivity index (χ1n) is 10.2. The third-order valence-electron chi connectivity index (χ3n) is 5.13. The van der Waals surface area contributed by atoms with Gasteiger partial charge in [-0.1, -0.05) is 19.1 Å². The van der Waals surface area contributed by atoms with Gasteiger partial charge in [0, 0.05) is 24.0 Å². The number of ether oxygens (including phenoxy) is 1. The average molecular weight is 458 g/mol. The summed E-state index contributed by atoms with van der Waals surface area (Å²) >= 11 is 0. The van der Waals surface area contributed by atoms with Gasteiger partial charge in [-0.2, -0.15) is 0 Å². The number of nitrogens with zero attached hydrogens (tertiary/aromatic N) is 1. The Hall–Kier alpha value is -3.95. The molecular formula is C23H24F2N4O4. The van der Waals surface area contributed by atoms with Crippen LogP contribution in [0.15, 0.2) is 53.7 Å². The number of amides is 4. The third kappa shape index (κ3) is 5.28. The molecule has 1 atom stereocenters. The first-order chi connectivity index (χ1) is 15.7. The lowest BCUT2D eigenvalue weighted by molar-refractivity contribution is -0.136. The van der Waals surface area contributed by atoms with Crippen LogP contribution in [0.4, 0.5) is 29.7 Å². The number of carbonyl (C=O) groups excluding carboxylic acids is 3. The van der Waals surface area contributed by atoms with Crippen molar-refractivity contribution in [3.8, 4) is 0 Å². The molecule has 0 spiro atoms. The van der Waals surface area contributed by atoms with Gasteiger partial charge >= 0.3 is 18.0 Å². The molecule has 3 N–H and O–H groups in total. The summed E-state index contributed by atoms with van der Waals surface area (Å²) in [6.45, 7) is 4.08. The van der Waals surface area contributed by atoms with Gasteiger partial charge in [0.2, 0.25) is 0 Å². The monoisotopic (exact) mass is 458 g/mol. The average Bonchev–Trinajstić information content (AvgIpc) is 2.78. The molecule has 1 aliphatic heterocycles. The van der Waals surface area contributed by atoms with Crippen molar-refractivity contribution in [2.24, 2.45) is 0 Å². The van der Waals surface area contributed by atoms with E-state index in [2.05, 4.69) is 16.0 Å². The maximum absolute atomic E-state index is 13.7. The molecular weight excluding hydrogens is 434 g/mol. The van der Waals surface area contributed by atoms with Gasteiger partial charge in [-0.3, -0.25) is 4.90 Å². The SMILES string of the molecule is CCCN1C(=O)NC(c2ccc(NC(=O)Nc3ccc(F)cc3F)cc2)C(C(=O)OC)=C1C.